The van der Waals surface area contributed by atoms with Crippen molar-refractivity contribution in [2.45, 2.75) is 77.7 Å². The summed E-state index contributed by atoms with van der Waals surface area (Å²) in [6, 6.07) is 7.07. The number of piperidine rings is 1. The van der Waals surface area contributed by atoms with Crippen molar-refractivity contribution in [3.63, 3.8) is 0 Å². The maximum Gasteiger partial charge on any atom is 0.253 e. The number of anilines is 1. The molecule has 2 aliphatic rings. The second kappa shape index (κ2) is 8.73. The van der Waals surface area contributed by atoms with Crippen molar-refractivity contribution in [3.05, 3.63) is 29.3 Å². The first kappa shape index (κ1) is 18.3. The van der Waals surface area contributed by atoms with Crippen LogP contribution in [0.5, 0.6) is 0 Å². The van der Waals surface area contributed by atoms with Crippen LogP contribution in [0.2, 0.25) is 0 Å². The molecule has 2 fully saturated rings. The van der Waals surface area contributed by atoms with Crippen LogP contribution >= 0.6 is 0 Å². The second-order valence-corrected chi connectivity index (χ2v) is 7.84. The highest BCUT2D eigenvalue weighted by Gasteiger charge is 2.23. The number of hydrogen-bond acceptors (Lipinski definition) is 2. The van der Waals surface area contributed by atoms with Gasteiger partial charge in [0.15, 0.2) is 0 Å². The number of hydrogen-bond donors (Lipinski definition) is 0. The van der Waals surface area contributed by atoms with Gasteiger partial charge in [0.1, 0.15) is 0 Å². The number of aryl methyl sites for hydroxylation is 1. The van der Waals surface area contributed by atoms with Crippen molar-refractivity contribution in [3.8, 4) is 0 Å². The van der Waals surface area contributed by atoms with Crippen LogP contribution in [0.25, 0.3) is 0 Å². The molecule has 1 saturated heterocycles. The molecule has 3 heteroatoms. The zero-order chi connectivity index (χ0) is 17.6. The molecule has 1 aliphatic heterocycles. The summed E-state index contributed by atoms with van der Waals surface area (Å²) in [4.78, 5) is 17.4. The van der Waals surface area contributed by atoms with E-state index in [-0.39, 0.29) is 5.91 Å². The van der Waals surface area contributed by atoms with Gasteiger partial charge in [-0.15, -0.1) is 0 Å². The molecule has 138 valence electrons. The van der Waals surface area contributed by atoms with Gasteiger partial charge in [0.25, 0.3) is 5.91 Å². The van der Waals surface area contributed by atoms with Crippen molar-refractivity contribution < 1.29 is 4.79 Å². The molecule has 0 unspecified atom stereocenters. The average molecular weight is 343 g/mol. The minimum Gasteiger partial charge on any atom is -0.368 e. The average Bonchev–Trinajstić information content (AvgIpc) is 2.67. The number of amides is 1. The third-order valence-corrected chi connectivity index (χ3v) is 5.88. The van der Waals surface area contributed by atoms with E-state index in [4.69, 9.17) is 0 Å². The Balaban J connectivity index is 1.78. The van der Waals surface area contributed by atoms with E-state index >= 15 is 0 Å². The van der Waals surface area contributed by atoms with E-state index in [9.17, 15) is 4.79 Å². The Labute approximate surface area is 153 Å². The van der Waals surface area contributed by atoms with E-state index in [1.165, 1.54) is 56.2 Å². The van der Waals surface area contributed by atoms with Gasteiger partial charge < -0.3 is 9.80 Å². The Morgan fingerprint density at radius 1 is 1.08 bits per heavy atom. The van der Waals surface area contributed by atoms with Crippen LogP contribution in [0, 0.1) is 6.92 Å². The highest BCUT2D eigenvalue weighted by molar-refractivity contribution is 5.95. The number of benzene rings is 1. The second-order valence-electron chi connectivity index (χ2n) is 7.84. The summed E-state index contributed by atoms with van der Waals surface area (Å²) < 4.78 is 0. The lowest BCUT2D eigenvalue weighted by Crippen LogP contribution is -2.38. The van der Waals surface area contributed by atoms with Gasteiger partial charge in [0.05, 0.1) is 0 Å². The highest BCUT2D eigenvalue weighted by atomic mass is 16.2. The quantitative estimate of drug-likeness (QED) is 0.737. The van der Waals surface area contributed by atoms with Crippen molar-refractivity contribution in [2.75, 3.05) is 24.5 Å². The number of likely N-dealkylation sites (tertiary alicyclic amines) is 1. The summed E-state index contributed by atoms with van der Waals surface area (Å²) in [7, 11) is 0. The zero-order valence-electron chi connectivity index (χ0n) is 16.1. The van der Waals surface area contributed by atoms with Gasteiger partial charge in [-0.2, -0.15) is 0 Å². The van der Waals surface area contributed by atoms with Crippen LogP contribution in [0.3, 0.4) is 0 Å². The van der Waals surface area contributed by atoms with Gasteiger partial charge >= 0.3 is 0 Å². The lowest BCUT2D eigenvalue weighted by Gasteiger charge is -2.37. The van der Waals surface area contributed by atoms with Crippen LogP contribution in [0.1, 0.15) is 80.6 Å². The molecule has 3 nitrogen and oxygen atoms in total. The molecule has 1 amide bonds. The molecule has 1 aliphatic carbocycles. The van der Waals surface area contributed by atoms with E-state index in [0.29, 0.717) is 6.04 Å². The predicted molar refractivity (Wildman–Crippen MR) is 105 cm³/mol. The minimum atomic E-state index is 0.217. The number of nitrogens with zero attached hydrogens (tertiary/aromatic N) is 2. The lowest BCUT2D eigenvalue weighted by molar-refractivity contribution is 0.0724. The van der Waals surface area contributed by atoms with Crippen LogP contribution in [0.4, 0.5) is 5.69 Å². The van der Waals surface area contributed by atoms with Gasteiger partial charge in [0.2, 0.25) is 0 Å². The van der Waals surface area contributed by atoms with Crippen LogP contribution in [-0.4, -0.2) is 36.5 Å². The van der Waals surface area contributed by atoms with E-state index < -0.39 is 0 Å². The van der Waals surface area contributed by atoms with Crippen LogP contribution < -0.4 is 4.90 Å². The first-order chi connectivity index (χ1) is 12.2. The molecule has 0 radical (unpaired) electrons. The number of carbonyl (C=O) groups excluding carboxylic acids is 1. The molecule has 0 atom stereocenters. The van der Waals surface area contributed by atoms with E-state index in [1.54, 1.807) is 0 Å². The Morgan fingerprint density at radius 3 is 2.40 bits per heavy atom. The summed E-state index contributed by atoms with van der Waals surface area (Å²) >= 11 is 0. The SMILES string of the molecule is CCCN(c1ccc(C(=O)N2CCCCC2)cc1C)C1CCCCC1. The molecule has 1 aromatic carbocycles. The predicted octanol–water partition coefficient (Wildman–Crippen LogP) is 5.17. The van der Waals surface area contributed by atoms with Gasteiger partial charge in [-0.25, -0.2) is 0 Å². The Morgan fingerprint density at radius 2 is 1.76 bits per heavy atom. The Hall–Kier alpha value is -1.51. The lowest BCUT2D eigenvalue weighted by atomic mass is 9.93. The normalized spacial score (nSPS) is 19.0. The number of rotatable bonds is 5. The number of carbonyl (C=O) groups is 1. The van der Waals surface area contributed by atoms with E-state index in [1.807, 2.05) is 4.90 Å². The largest absolute Gasteiger partial charge is 0.368 e. The first-order valence-electron chi connectivity index (χ1n) is 10.4. The molecular weight excluding hydrogens is 308 g/mol. The van der Waals surface area contributed by atoms with Crippen molar-refractivity contribution >= 4 is 11.6 Å². The topological polar surface area (TPSA) is 23.6 Å². The molecular formula is C22H34N2O. The van der Waals surface area contributed by atoms with Gasteiger partial charge in [-0.1, -0.05) is 26.2 Å². The molecule has 1 heterocycles. The summed E-state index contributed by atoms with van der Waals surface area (Å²) in [6.45, 7) is 7.39. The fourth-order valence-corrected chi connectivity index (χ4v) is 4.52. The molecule has 3 rings (SSSR count). The summed E-state index contributed by atoms with van der Waals surface area (Å²) in [5.74, 6) is 0.217. The zero-order valence-corrected chi connectivity index (χ0v) is 16.1. The van der Waals surface area contributed by atoms with Gasteiger partial charge in [0, 0.05) is 36.9 Å². The van der Waals surface area contributed by atoms with Crippen molar-refractivity contribution in [1.29, 1.82) is 0 Å². The van der Waals surface area contributed by atoms with Gasteiger partial charge in [-0.05, 0) is 69.2 Å². The van der Waals surface area contributed by atoms with Crippen LogP contribution in [-0.2, 0) is 0 Å². The maximum absolute atomic E-state index is 12.8. The monoisotopic (exact) mass is 342 g/mol. The molecule has 25 heavy (non-hydrogen) atoms. The van der Waals surface area contributed by atoms with Crippen LogP contribution in [0.15, 0.2) is 18.2 Å². The fourth-order valence-electron chi connectivity index (χ4n) is 4.52. The summed E-state index contributed by atoms with van der Waals surface area (Å²) in [5, 5.41) is 0. The minimum absolute atomic E-state index is 0.217. The maximum atomic E-state index is 12.8. The third-order valence-electron chi connectivity index (χ3n) is 5.88. The van der Waals surface area contributed by atoms with Crippen molar-refractivity contribution in [2.24, 2.45) is 0 Å². The molecule has 0 aromatic heterocycles. The Kier molecular flexibility index (Phi) is 6.39. The summed E-state index contributed by atoms with van der Waals surface area (Å²) in [6.07, 6.45) is 11.5. The third kappa shape index (κ3) is 4.37. The molecule has 0 N–H and O–H groups in total. The molecule has 0 bridgehead atoms. The fraction of sp³-hybridized carbons (Fsp3) is 0.682. The molecule has 1 saturated carbocycles. The molecule has 0 spiro atoms. The Bertz CT molecular complexity index is 571. The van der Waals surface area contributed by atoms with E-state index in [2.05, 4.69) is 36.9 Å². The van der Waals surface area contributed by atoms with Gasteiger partial charge in [-0.3, -0.25) is 4.79 Å². The summed E-state index contributed by atoms with van der Waals surface area (Å²) in [5.41, 5.74) is 3.45. The standard InChI is InChI=1S/C22H34N2O/c1-3-14-24(20-10-6-4-7-11-20)21-13-12-19(17-18(21)2)22(25)23-15-8-5-9-16-23/h12-13,17,20H,3-11,14-16H2,1-2H3. The smallest absolute Gasteiger partial charge is 0.253 e. The highest BCUT2D eigenvalue weighted by Crippen LogP contribution is 2.30. The first-order valence-corrected chi connectivity index (χ1v) is 10.4. The molecule has 1 aromatic rings. The van der Waals surface area contributed by atoms with Crippen molar-refractivity contribution in [1.82, 2.24) is 4.90 Å². The van der Waals surface area contributed by atoms with E-state index in [0.717, 1.165) is 38.0 Å².